The molecule has 0 aromatic carbocycles. The van der Waals surface area contributed by atoms with E-state index in [2.05, 4.69) is 38.3 Å². The third-order valence-electron chi connectivity index (χ3n) is 5.91. The zero-order valence-corrected chi connectivity index (χ0v) is 17.4. The van der Waals surface area contributed by atoms with E-state index in [9.17, 15) is 0 Å². The van der Waals surface area contributed by atoms with E-state index in [0.717, 1.165) is 6.42 Å². The summed E-state index contributed by atoms with van der Waals surface area (Å²) in [6, 6.07) is 2.47. The molecule has 1 nitrogen and oxygen atoms in total. The number of pyridine rings is 1. The van der Waals surface area contributed by atoms with Crippen LogP contribution in [0.1, 0.15) is 120 Å². The predicted molar refractivity (Wildman–Crippen MR) is 115 cm³/mol. The minimum atomic E-state index is 0.672. The molecule has 0 saturated heterocycles. The van der Waals surface area contributed by atoms with E-state index < -0.39 is 0 Å². The molecule has 0 radical (unpaired) electrons. The highest BCUT2D eigenvalue weighted by Crippen LogP contribution is 2.29. The van der Waals surface area contributed by atoms with Gasteiger partial charge < -0.3 is 0 Å². The van der Waals surface area contributed by atoms with Crippen LogP contribution >= 0.6 is 0 Å². The second-order valence-electron chi connectivity index (χ2n) is 8.19. The van der Waals surface area contributed by atoms with Crippen molar-refractivity contribution in [3.8, 4) is 0 Å². The van der Waals surface area contributed by atoms with E-state index in [1.165, 1.54) is 101 Å². The average Bonchev–Trinajstić information content (AvgIpc) is 2.78. The summed E-state index contributed by atoms with van der Waals surface area (Å²) >= 11 is 0. The Morgan fingerprint density at radius 3 is 2.27 bits per heavy atom. The smallest absolute Gasteiger partial charge is 0.0437 e. The fourth-order valence-electron chi connectivity index (χ4n) is 4.16. The van der Waals surface area contributed by atoms with Crippen molar-refractivity contribution in [1.82, 2.24) is 4.98 Å². The van der Waals surface area contributed by atoms with Crippen LogP contribution in [-0.4, -0.2) is 4.98 Å². The average molecular weight is 356 g/mol. The van der Waals surface area contributed by atoms with Crippen LogP contribution in [0.4, 0.5) is 0 Å². The normalized spacial score (nSPS) is 16.0. The largest absolute Gasteiger partial charge is 0.261 e. The minimum Gasteiger partial charge on any atom is -0.261 e. The van der Waals surface area contributed by atoms with Crippen LogP contribution < -0.4 is 0 Å². The highest BCUT2D eigenvalue weighted by atomic mass is 14.7. The quantitative estimate of drug-likeness (QED) is 0.290. The van der Waals surface area contributed by atoms with Crippen LogP contribution in [0.3, 0.4) is 0 Å². The summed E-state index contributed by atoms with van der Waals surface area (Å²) < 4.78 is 0. The van der Waals surface area contributed by atoms with Crippen molar-refractivity contribution in [2.75, 3.05) is 0 Å². The summed E-state index contributed by atoms with van der Waals surface area (Å²) in [7, 11) is 0. The van der Waals surface area contributed by atoms with E-state index in [-0.39, 0.29) is 0 Å². The maximum absolute atomic E-state index is 4.97. The van der Waals surface area contributed by atoms with Crippen molar-refractivity contribution in [3.63, 3.8) is 0 Å². The van der Waals surface area contributed by atoms with Crippen LogP contribution in [0.5, 0.6) is 0 Å². The zero-order valence-electron chi connectivity index (χ0n) is 17.4. The predicted octanol–water partition coefficient (Wildman–Crippen LogP) is 7.93. The number of unbranched alkanes of at least 4 members (excludes halogenated alkanes) is 6. The number of nitrogens with zero attached hydrogens (tertiary/aromatic N) is 1. The van der Waals surface area contributed by atoms with Crippen molar-refractivity contribution in [1.29, 1.82) is 0 Å². The summed E-state index contributed by atoms with van der Waals surface area (Å²) in [6.07, 6.45) is 26.7. The summed E-state index contributed by atoms with van der Waals surface area (Å²) in [5, 5.41) is 0. The summed E-state index contributed by atoms with van der Waals surface area (Å²) in [5.74, 6) is 0.672. The maximum Gasteiger partial charge on any atom is 0.0437 e. The molecule has 1 heteroatoms. The van der Waals surface area contributed by atoms with E-state index in [1.807, 2.05) is 0 Å². The third kappa shape index (κ3) is 7.64. The van der Waals surface area contributed by atoms with Crippen LogP contribution in [-0.2, 0) is 12.8 Å². The molecule has 1 aliphatic rings. The molecular formula is C25H41N. The first-order valence-corrected chi connectivity index (χ1v) is 11.5. The first-order chi connectivity index (χ1) is 12.8. The van der Waals surface area contributed by atoms with Gasteiger partial charge in [-0.2, -0.15) is 0 Å². The number of hydrogen-bond donors (Lipinski definition) is 0. The van der Waals surface area contributed by atoms with Gasteiger partial charge in [0, 0.05) is 17.8 Å². The van der Waals surface area contributed by atoms with Crippen molar-refractivity contribution >= 4 is 0 Å². The first kappa shape index (κ1) is 21.2. The second kappa shape index (κ2) is 13.1. The standard InChI is InChI=1S/C25H41N/c1-3-5-7-12-16-22(17-13-8-6-4-2)25-20-23-18-14-10-9-11-15-19-24(23)21-26-25/h10,14,20-22H,3-9,11-13,15-19H2,1-2H3/b14-10-. The Morgan fingerprint density at radius 2 is 1.58 bits per heavy atom. The lowest BCUT2D eigenvalue weighted by Gasteiger charge is -2.19. The van der Waals surface area contributed by atoms with Gasteiger partial charge in [-0.1, -0.05) is 77.4 Å². The molecule has 1 heterocycles. The summed E-state index contributed by atoms with van der Waals surface area (Å²) in [6.45, 7) is 4.60. The molecule has 0 atom stereocenters. The highest BCUT2D eigenvalue weighted by Gasteiger charge is 2.15. The fourth-order valence-corrected chi connectivity index (χ4v) is 4.16. The molecule has 0 bridgehead atoms. The van der Waals surface area contributed by atoms with Gasteiger partial charge in [-0.15, -0.1) is 0 Å². The number of rotatable bonds is 11. The van der Waals surface area contributed by atoms with Gasteiger partial charge in [0.05, 0.1) is 0 Å². The summed E-state index contributed by atoms with van der Waals surface area (Å²) in [5.41, 5.74) is 4.42. The molecule has 1 aromatic rings. The Balaban J connectivity index is 2.05. The van der Waals surface area contributed by atoms with Gasteiger partial charge in [-0.3, -0.25) is 4.98 Å². The monoisotopic (exact) mass is 355 g/mol. The Labute approximate surface area is 162 Å². The molecule has 1 aromatic heterocycles. The summed E-state index contributed by atoms with van der Waals surface area (Å²) in [4.78, 5) is 4.97. The van der Waals surface area contributed by atoms with E-state index in [4.69, 9.17) is 4.98 Å². The topological polar surface area (TPSA) is 12.9 Å². The lowest BCUT2D eigenvalue weighted by Crippen LogP contribution is -2.06. The minimum absolute atomic E-state index is 0.672. The number of hydrogen-bond acceptors (Lipinski definition) is 1. The highest BCUT2D eigenvalue weighted by molar-refractivity contribution is 5.30. The molecule has 0 aliphatic heterocycles. The van der Waals surface area contributed by atoms with Crippen LogP contribution in [0.25, 0.3) is 0 Å². The van der Waals surface area contributed by atoms with Gasteiger partial charge >= 0.3 is 0 Å². The molecule has 0 amide bonds. The molecule has 146 valence electrons. The molecule has 0 spiro atoms. The van der Waals surface area contributed by atoms with Crippen molar-refractivity contribution in [2.45, 2.75) is 116 Å². The zero-order chi connectivity index (χ0) is 18.5. The molecular weight excluding hydrogens is 314 g/mol. The maximum atomic E-state index is 4.97. The van der Waals surface area contributed by atoms with Gasteiger partial charge in [-0.25, -0.2) is 0 Å². The van der Waals surface area contributed by atoms with Crippen molar-refractivity contribution in [3.05, 3.63) is 41.2 Å². The number of aryl methyl sites for hydroxylation is 1. The van der Waals surface area contributed by atoms with Crippen LogP contribution in [0.15, 0.2) is 24.4 Å². The Hall–Kier alpha value is -1.11. The molecule has 0 fully saturated rings. The van der Waals surface area contributed by atoms with Crippen molar-refractivity contribution < 1.29 is 0 Å². The Morgan fingerprint density at radius 1 is 0.846 bits per heavy atom. The fraction of sp³-hybridized carbons (Fsp3) is 0.720. The second-order valence-corrected chi connectivity index (χ2v) is 8.19. The van der Waals surface area contributed by atoms with Gasteiger partial charge in [0.15, 0.2) is 0 Å². The molecule has 2 rings (SSSR count). The molecule has 26 heavy (non-hydrogen) atoms. The van der Waals surface area contributed by atoms with Gasteiger partial charge in [0.2, 0.25) is 0 Å². The SMILES string of the molecule is CCCCCCC(CCCCCC)c1cc2c(cn1)CCCC/C=C\C2. The van der Waals surface area contributed by atoms with E-state index >= 15 is 0 Å². The number of fused-ring (bicyclic) bond motifs is 1. The Kier molecular flexibility index (Phi) is 10.7. The van der Waals surface area contributed by atoms with Gasteiger partial charge in [0.1, 0.15) is 0 Å². The lowest BCUT2D eigenvalue weighted by atomic mass is 9.89. The lowest BCUT2D eigenvalue weighted by molar-refractivity contribution is 0.488. The van der Waals surface area contributed by atoms with Crippen LogP contribution in [0, 0.1) is 0 Å². The van der Waals surface area contributed by atoms with Gasteiger partial charge in [-0.05, 0) is 62.1 Å². The molecule has 1 aliphatic carbocycles. The molecule has 0 saturated carbocycles. The van der Waals surface area contributed by atoms with Gasteiger partial charge in [0.25, 0.3) is 0 Å². The van der Waals surface area contributed by atoms with Crippen LogP contribution in [0.2, 0.25) is 0 Å². The molecule has 0 N–H and O–H groups in total. The number of allylic oxidation sites excluding steroid dienone is 2. The Bertz CT molecular complexity index is 505. The van der Waals surface area contributed by atoms with E-state index in [0.29, 0.717) is 5.92 Å². The number of aromatic nitrogens is 1. The first-order valence-electron chi connectivity index (χ1n) is 11.5. The van der Waals surface area contributed by atoms with E-state index in [1.54, 1.807) is 5.56 Å². The van der Waals surface area contributed by atoms with Crippen molar-refractivity contribution in [2.24, 2.45) is 0 Å². The molecule has 0 unspecified atom stereocenters. The third-order valence-corrected chi connectivity index (χ3v) is 5.91.